The number of amides is 2. The molecule has 0 saturated carbocycles. The summed E-state index contributed by atoms with van der Waals surface area (Å²) in [6, 6.07) is 1.51. The van der Waals surface area contributed by atoms with Gasteiger partial charge in [-0.1, -0.05) is 0 Å². The zero-order chi connectivity index (χ0) is 16.7. The first-order chi connectivity index (χ1) is 11.0. The predicted octanol–water partition coefficient (Wildman–Crippen LogP) is 0.511. The van der Waals surface area contributed by atoms with Crippen LogP contribution in [-0.4, -0.2) is 51.1 Å². The molecule has 0 bridgehead atoms. The van der Waals surface area contributed by atoms with Gasteiger partial charge in [-0.2, -0.15) is 5.10 Å². The van der Waals surface area contributed by atoms with Crippen molar-refractivity contribution < 1.29 is 9.59 Å². The quantitative estimate of drug-likeness (QED) is 0.861. The van der Waals surface area contributed by atoms with Gasteiger partial charge < -0.3 is 14.8 Å². The third-order valence-corrected chi connectivity index (χ3v) is 4.14. The lowest BCUT2D eigenvalue weighted by molar-refractivity contribution is 0.0689. The first-order valence-electron chi connectivity index (χ1n) is 7.70. The Hall–Kier alpha value is -2.64. The number of likely N-dealkylation sites (N-methyl/N-ethyl adjacent to an activating group) is 1. The Kier molecular flexibility index (Phi) is 3.67. The molecule has 122 valence electrons. The summed E-state index contributed by atoms with van der Waals surface area (Å²) in [5, 5.41) is 9.25. The fourth-order valence-corrected chi connectivity index (χ4v) is 3.10. The van der Waals surface area contributed by atoms with Gasteiger partial charge in [0.1, 0.15) is 5.69 Å². The Morgan fingerprint density at radius 3 is 2.83 bits per heavy atom. The van der Waals surface area contributed by atoms with Crippen molar-refractivity contribution in [3.8, 4) is 0 Å². The maximum absolute atomic E-state index is 12.6. The summed E-state index contributed by atoms with van der Waals surface area (Å²) in [5.74, 6) is -0.504. The molecule has 2 N–H and O–H groups in total. The number of fused-ring (bicyclic) bond motifs is 3. The maximum Gasteiger partial charge on any atom is 0.273 e. The number of H-pyrrole nitrogens is 1. The van der Waals surface area contributed by atoms with Crippen molar-refractivity contribution in [3.63, 3.8) is 0 Å². The van der Waals surface area contributed by atoms with Gasteiger partial charge in [-0.15, -0.1) is 0 Å². The molecule has 3 rings (SSSR count). The van der Waals surface area contributed by atoms with E-state index >= 15 is 0 Å². The molecule has 1 unspecified atom stereocenters. The summed E-state index contributed by atoms with van der Waals surface area (Å²) in [5.41, 5.74) is 0.575. The Balaban J connectivity index is 2.32. The summed E-state index contributed by atoms with van der Waals surface area (Å²) in [7, 11) is 0. The SMILES string of the molecule is CCNC(=O)c1n[nH]c(=O)c2cc3n(c12)C(C)CN(CC)C3=O. The number of rotatable bonds is 3. The van der Waals surface area contributed by atoms with Gasteiger partial charge in [0.25, 0.3) is 17.4 Å². The lowest BCUT2D eigenvalue weighted by Crippen LogP contribution is -2.42. The number of carbonyl (C=O) groups is 2. The largest absolute Gasteiger partial charge is 0.351 e. The van der Waals surface area contributed by atoms with E-state index < -0.39 is 5.56 Å². The van der Waals surface area contributed by atoms with Crippen LogP contribution in [0.2, 0.25) is 0 Å². The average molecular weight is 317 g/mol. The molecule has 2 amide bonds. The molecule has 1 aliphatic rings. The van der Waals surface area contributed by atoms with Crippen molar-refractivity contribution in [3.05, 3.63) is 27.8 Å². The molecule has 0 spiro atoms. The normalized spacial score (nSPS) is 17.4. The molecule has 23 heavy (non-hydrogen) atoms. The summed E-state index contributed by atoms with van der Waals surface area (Å²) in [4.78, 5) is 38.6. The standard InChI is InChI=1S/C15H19N5O3/c1-4-16-14(22)11-12-9(13(21)18-17-11)6-10-15(23)19(5-2)7-8(3)20(10)12/h6,8H,4-5,7H2,1-3H3,(H,16,22)(H,18,21). The van der Waals surface area contributed by atoms with Crippen LogP contribution in [0, 0.1) is 0 Å². The molecule has 8 nitrogen and oxygen atoms in total. The average Bonchev–Trinajstić information content (AvgIpc) is 2.93. The van der Waals surface area contributed by atoms with Crippen LogP contribution in [0.15, 0.2) is 10.9 Å². The molecule has 1 aliphatic heterocycles. The summed E-state index contributed by atoms with van der Waals surface area (Å²) in [6.07, 6.45) is 0. The van der Waals surface area contributed by atoms with E-state index in [9.17, 15) is 14.4 Å². The summed E-state index contributed by atoms with van der Waals surface area (Å²) in [6.45, 7) is 7.26. The molecular weight excluding hydrogens is 298 g/mol. The van der Waals surface area contributed by atoms with Gasteiger partial charge in [0.2, 0.25) is 0 Å². The Morgan fingerprint density at radius 1 is 1.43 bits per heavy atom. The first kappa shape index (κ1) is 15.3. The second kappa shape index (κ2) is 5.53. The van der Waals surface area contributed by atoms with Crippen LogP contribution in [0.4, 0.5) is 0 Å². The van der Waals surface area contributed by atoms with Crippen molar-refractivity contribution in [1.29, 1.82) is 0 Å². The molecule has 2 aromatic rings. The lowest BCUT2D eigenvalue weighted by Gasteiger charge is -2.32. The van der Waals surface area contributed by atoms with Crippen LogP contribution in [0.5, 0.6) is 0 Å². The molecule has 2 aromatic heterocycles. The highest BCUT2D eigenvalue weighted by atomic mass is 16.2. The van der Waals surface area contributed by atoms with E-state index in [1.807, 2.05) is 13.8 Å². The molecule has 0 fully saturated rings. The third-order valence-electron chi connectivity index (χ3n) is 4.14. The summed E-state index contributed by atoms with van der Waals surface area (Å²) < 4.78 is 1.76. The van der Waals surface area contributed by atoms with Crippen molar-refractivity contribution >= 4 is 22.7 Å². The number of aromatic amines is 1. The van der Waals surface area contributed by atoms with E-state index in [1.165, 1.54) is 0 Å². The Bertz CT molecular complexity index is 851. The number of nitrogens with zero attached hydrogens (tertiary/aromatic N) is 3. The van der Waals surface area contributed by atoms with Gasteiger partial charge in [-0.3, -0.25) is 14.4 Å². The van der Waals surface area contributed by atoms with Gasteiger partial charge in [-0.25, -0.2) is 5.10 Å². The van der Waals surface area contributed by atoms with E-state index in [1.54, 1.807) is 22.5 Å². The van der Waals surface area contributed by atoms with Crippen LogP contribution in [0.1, 0.15) is 47.8 Å². The van der Waals surface area contributed by atoms with Crippen molar-refractivity contribution in [1.82, 2.24) is 25.0 Å². The number of hydrogen-bond acceptors (Lipinski definition) is 4. The van der Waals surface area contributed by atoms with Crippen LogP contribution in [0.3, 0.4) is 0 Å². The third kappa shape index (κ3) is 2.21. The van der Waals surface area contributed by atoms with Crippen molar-refractivity contribution in [2.45, 2.75) is 26.8 Å². The van der Waals surface area contributed by atoms with E-state index in [0.717, 1.165) is 0 Å². The monoisotopic (exact) mass is 317 g/mol. The van der Waals surface area contributed by atoms with E-state index in [2.05, 4.69) is 15.5 Å². The molecule has 0 aromatic carbocycles. The van der Waals surface area contributed by atoms with Gasteiger partial charge in [0.15, 0.2) is 5.69 Å². The maximum atomic E-state index is 12.6. The van der Waals surface area contributed by atoms with Crippen LogP contribution in [0.25, 0.3) is 10.9 Å². The number of nitrogens with one attached hydrogen (secondary N) is 2. The van der Waals surface area contributed by atoms with Crippen LogP contribution >= 0.6 is 0 Å². The topological polar surface area (TPSA) is 100 Å². The minimum Gasteiger partial charge on any atom is -0.351 e. The molecule has 0 saturated heterocycles. The molecule has 8 heteroatoms. The van der Waals surface area contributed by atoms with Gasteiger partial charge >= 0.3 is 0 Å². The van der Waals surface area contributed by atoms with Gasteiger partial charge in [0.05, 0.1) is 10.9 Å². The zero-order valence-corrected chi connectivity index (χ0v) is 13.3. The van der Waals surface area contributed by atoms with E-state index in [-0.39, 0.29) is 23.6 Å². The van der Waals surface area contributed by atoms with E-state index in [0.29, 0.717) is 36.2 Å². The summed E-state index contributed by atoms with van der Waals surface area (Å²) >= 11 is 0. The van der Waals surface area contributed by atoms with Gasteiger partial charge in [0, 0.05) is 25.7 Å². The van der Waals surface area contributed by atoms with E-state index in [4.69, 9.17) is 0 Å². The highest BCUT2D eigenvalue weighted by molar-refractivity contribution is 6.07. The fraction of sp³-hybridized carbons (Fsp3) is 0.467. The van der Waals surface area contributed by atoms with Gasteiger partial charge in [-0.05, 0) is 26.8 Å². The lowest BCUT2D eigenvalue weighted by atomic mass is 10.2. The van der Waals surface area contributed by atoms with Crippen molar-refractivity contribution in [2.75, 3.05) is 19.6 Å². The minimum absolute atomic E-state index is 0.0445. The highest BCUT2D eigenvalue weighted by Crippen LogP contribution is 2.29. The molecular formula is C15H19N5O3. The molecule has 3 heterocycles. The van der Waals surface area contributed by atoms with Crippen LogP contribution < -0.4 is 10.9 Å². The predicted molar refractivity (Wildman–Crippen MR) is 84.6 cm³/mol. The Morgan fingerprint density at radius 2 is 2.17 bits per heavy atom. The zero-order valence-electron chi connectivity index (χ0n) is 13.3. The minimum atomic E-state index is -0.405. The fourth-order valence-electron chi connectivity index (χ4n) is 3.10. The number of carbonyl (C=O) groups excluding carboxylic acids is 2. The molecule has 1 atom stereocenters. The number of hydrogen-bond donors (Lipinski definition) is 2. The smallest absolute Gasteiger partial charge is 0.273 e. The highest BCUT2D eigenvalue weighted by Gasteiger charge is 2.32. The molecule has 0 aliphatic carbocycles. The van der Waals surface area contributed by atoms with Crippen LogP contribution in [-0.2, 0) is 0 Å². The molecule has 0 radical (unpaired) electrons. The second-order valence-corrected chi connectivity index (χ2v) is 5.62. The second-order valence-electron chi connectivity index (χ2n) is 5.62. The number of aromatic nitrogens is 3. The first-order valence-corrected chi connectivity index (χ1v) is 7.70. The van der Waals surface area contributed by atoms with Crippen molar-refractivity contribution in [2.24, 2.45) is 0 Å². The Labute approximate surface area is 132 Å².